The molecule has 0 aromatic heterocycles. The highest BCUT2D eigenvalue weighted by atomic mass is 35.5. The molecule has 2 saturated heterocycles. The number of piperidine rings is 1. The molecule has 0 unspecified atom stereocenters. The van der Waals surface area contributed by atoms with E-state index in [0.717, 1.165) is 12.8 Å². The second-order valence-corrected chi connectivity index (χ2v) is 11.3. The van der Waals surface area contributed by atoms with Crippen molar-refractivity contribution in [2.75, 3.05) is 31.6 Å². The molecule has 2 aliphatic rings. The molecule has 2 fully saturated rings. The molecule has 2 aromatic carbocycles. The number of para-hydroxylation sites is 1. The number of nitrogens with one attached hydrogen (secondary N) is 2. The summed E-state index contributed by atoms with van der Waals surface area (Å²) in [5.41, 5.74) is 1.39. The zero-order valence-corrected chi connectivity index (χ0v) is 21.0. The minimum atomic E-state index is -3.54. The van der Waals surface area contributed by atoms with Crippen LogP contribution in [0.1, 0.15) is 41.6 Å². The second kappa shape index (κ2) is 11.5. The van der Waals surface area contributed by atoms with Gasteiger partial charge in [0, 0.05) is 37.2 Å². The van der Waals surface area contributed by atoms with Crippen molar-refractivity contribution in [1.82, 2.24) is 9.62 Å². The number of halogens is 1. The first-order chi connectivity index (χ1) is 16.8. The Morgan fingerprint density at radius 1 is 1.03 bits per heavy atom. The van der Waals surface area contributed by atoms with Gasteiger partial charge in [-0.05, 0) is 49.4 Å². The highest BCUT2D eigenvalue weighted by Crippen LogP contribution is 2.26. The predicted molar refractivity (Wildman–Crippen MR) is 135 cm³/mol. The van der Waals surface area contributed by atoms with E-state index in [1.807, 2.05) is 0 Å². The first-order valence-electron chi connectivity index (χ1n) is 11.8. The van der Waals surface area contributed by atoms with E-state index in [1.165, 1.54) is 4.31 Å². The fraction of sp³-hybridized carbons (Fsp3) is 0.440. The Morgan fingerprint density at radius 3 is 2.46 bits per heavy atom. The molecule has 1 atom stereocenters. The Kier molecular flexibility index (Phi) is 8.43. The molecule has 188 valence electrons. The standard InChI is InChI=1S/C25H30ClN3O5S/c26-22-9-3-1-6-19(22)17-35(32,33)29-13-11-18(12-14-29)24(30)28-23-10-4-2-8-21(23)25(31)27-16-20-7-5-15-34-20/h1-4,6,8-10,18,20H,5,7,11-17H2,(H,27,31)(H,28,30)/t20-/m1/s1. The molecule has 0 bridgehead atoms. The second-order valence-electron chi connectivity index (χ2n) is 8.90. The molecule has 0 saturated carbocycles. The third-order valence-corrected chi connectivity index (χ3v) is 8.65. The quantitative estimate of drug-likeness (QED) is 0.556. The fourth-order valence-electron chi connectivity index (χ4n) is 4.43. The van der Waals surface area contributed by atoms with E-state index in [-0.39, 0.29) is 42.7 Å². The first-order valence-corrected chi connectivity index (χ1v) is 13.8. The number of hydrogen-bond donors (Lipinski definition) is 2. The number of anilines is 1. The summed E-state index contributed by atoms with van der Waals surface area (Å²) in [4.78, 5) is 25.7. The van der Waals surface area contributed by atoms with Crippen LogP contribution >= 0.6 is 11.6 Å². The molecular formula is C25H30ClN3O5S. The van der Waals surface area contributed by atoms with Crippen molar-refractivity contribution in [3.05, 3.63) is 64.7 Å². The molecule has 35 heavy (non-hydrogen) atoms. The predicted octanol–water partition coefficient (Wildman–Crippen LogP) is 3.43. The van der Waals surface area contributed by atoms with Crippen LogP contribution in [-0.4, -0.2) is 56.9 Å². The van der Waals surface area contributed by atoms with Crippen molar-refractivity contribution in [2.45, 2.75) is 37.5 Å². The number of amides is 2. The summed E-state index contributed by atoms with van der Waals surface area (Å²) in [6.45, 7) is 1.67. The van der Waals surface area contributed by atoms with Gasteiger partial charge in [-0.15, -0.1) is 0 Å². The van der Waals surface area contributed by atoms with Gasteiger partial charge in [-0.25, -0.2) is 12.7 Å². The maximum Gasteiger partial charge on any atom is 0.253 e. The number of benzene rings is 2. The molecule has 8 nitrogen and oxygen atoms in total. The number of ether oxygens (including phenoxy) is 1. The number of sulfonamides is 1. The van der Waals surface area contributed by atoms with E-state index in [1.54, 1.807) is 48.5 Å². The largest absolute Gasteiger partial charge is 0.376 e. The van der Waals surface area contributed by atoms with Gasteiger partial charge in [-0.2, -0.15) is 0 Å². The SMILES string of the molecule is O=C(NC[C@H]1CCCO1)c1ccccc1NC(=O)C1CCN(S(=O)(=O)Cc2ccccc2Cl)CC1. The van der Waals surface area contributed by atoms with Gasteiger partial charge in [0.25, 0.3) is 5.91 Å². The highest BCUT2D eigenvalue weighted by Gasteiger charge is 2.32. The molecular weight excluding hydrogens is 490 g/mol. The lowest BCUT2D eigenvalue weighted by molar-refractivity contribution is -0.120. The van der Waals surface area contributed by atoms with Crippen LogP contribution in [-0.2, 0) is 25.3 Å². The average molecular weight is 520 g/mol. The van der Waals surface area contributed by atoms with E-state index in [2.05, 4.69) is 10.6 Å². The summed E-state index contributed by atoms with van der Waals surface area (Å²) in [5, 5.41) is 6.18. The van der Waals surface area contributed by atoms with Crippen LogP contribution in [0.2, 0.25) is 5.02 Å². The molecule has 10 heteroatoms. The molecule has 2 amide bonds. The van der Waals surface area contributed by atoms with Gasteiger partial charge in [0.05, 0.1) is 23.1 Å². The van der Waals surface area contributed by atoms with Gasteiger partial charge >= 0.3 is 0 Å². The van der Waals surface area contributed by atoms with Crippen LogP contribution in [0, 0.1) is 5.92 Å². The lowest BCUT2D eigenvalue weighted by Crippen LogP contribution is -2.42. The smallest absolute Gasteiger partial charge is 0.253 e. The van der Waals surface area contributed by atoms with Crippen molar-refractivity contribution in [3.63, 3.8) is 0 Å². The fourth-order valence-corrected chi connectivity index (χ4v) is 6.31. The molecule has 2 N–H and O–H groups in total. The van der Waals surface area contributed by atoms with Crippen LogP contribution < -0.4 is 10.6 Å². The van der Waals surface area contributed by atoms with Crippen molar-refractivity contribution in [2.24, 2.45) is 5.92 Å². The van der Waals surface area contributed by atoms with Crippen LogP contribution in [0.4, 0.5) is 5.69 Å². The van der Waals surface area contributed by atoms with Gasteiger partial charge in [-0.1, -0.05) is 41.9 Å². The van der Waals surface area contributed by atoms with Gasteiger partial charge in [0.2, 0.25) is 15.9 Å². The van der Waals surface area contributed by atoms with Crippen molar-refractivity contribution in [3.8, 4) is 0 Å². The normalized spacial score (nSPS) is 19.4. The summed E-state index contributed by atoms with van der Waals surface area (Å²) in [7, 11) is -3.54. The summed E-state index contributed by atoms with van der Waals surface area (Å²) in [6, 6.07) is 13.8. The Balaban J connectivity index is 1.32. The first kappa shape index (κ1) is 25.6. The topological polar surface area (TPSA) is 105 Å². The van der Waals surface area contributed by atoms with E-state index >= 15 is 0 Å². The molecule has 0 radical (unpaired) electrons. The number of carbonyl (C=O) groups excluding carboxylic acids is 2. The zero-order chi connectivity index (χ0) is 24.8. The Bertz CT molecular complexity index is 1160. The number of nitrogens with zero attached hydrogens (tertiary/aromatic N) is 1. The van der Waals surface area contributed by atoms with Crippen LogP contribution in [0.15, 0.2) is 48.5 Å². The van der Waals surface area contributed by atoms with Gasteiger partial charge in [0.1, 0.15) is 0 Å². The number of hydrogen-bond acceptors (Lipinski definition) is 5. The van der Waals surface area contributed by atoms with Crippen molar-refractivity contribution in [1.29, 1.82) is 0 Å². The Hall–Kier alpha value is -2.46. The molecule has 2 aromatic rings. The van der Waals surface area contributed by atoms with E-state index in [0.29, 0.717) is 47.8 Å². The van der Waals surface area contributed by atoms with E-state index in [9.17, 15) is 18.0 Å². The lowest BCUT2D eigenvalue weighted by atomic mass is 9.97. The van der Waals surface area contributed by atoms with Gasteiger partial charge in [0.15, 0.2) is 0 Å². The number of rotatable bonds is 8. The zero-order valence-electron chi connectivity index (χ0n) is 19.4. The van der Waals surface area contributed by atoms with Crippen LogP contribution in [0.3, 0.4) is 0 Å². The van der Waals surface area contributed by atoms with Crippen LogP contribution in [0.5, 0.6) is 0 Å². The lowest BCUT2D eigenvalue weighted by Gasteiger charge is -2.30. The summed E-state index contributed by atoms with van der Waals surface area (Å²) >= 11 is 6.13. The third-order valence-electron chi connectivity index (χ3n) is 6.46. The Morgan fingerprint density at radius 2 is 1.74 bits per heavy atom. The molecule has 0 aliphatic carbocycles. The van der Waals surface area contributed by atoms with Crippen LogP contribution in [0.25, 0.3) is 0 Å². The summed E-state index contributed by atoms with van der Waals surface area (Å²) in [5.74, 6) is -0.994. The molecule has 0 spiro atoms. The monoisotopic (exact) mass is 519 g/mol. The van der Waals surface area contributed by atoms with E-state index in [4.69, 9.17) is 16.3 Å². The average Bonchev–Trinajstić information content (AvgIpc) is 3.38. The minimum absolute atomic E-state index is 0.0279. The minimum Gasteiger partial charge on any atom is -0.376 e. The maximum absolute atomic E-state index is 13.0. The highest BCUT2D eigenvalue weighted by molar-refractivity contribution is 7.88. The summed E-state index contributed by atoms with van der Waals surface area (Å²) < 4.78 is 32.7. The third kappa shape index (κ3) is 6.61. The van der Waals surface area contributed by atoms with E-state index < -0.39 is 10.0 Å². The molecule has 4 rings (SSSR count). The van der Waals surface area contributed by atoms with Gasteiger partial charge in [-0.3, -0.25) is 9.59 Å². The van der Waals surface area contributed by atoms with Crippen molar-refractivity contribution < 1.29 is 22.7 Å². The maximum atomic E-state index is 13.0. The summed E-state index contributed by atoms with van der Waals surface area (Å²) in [6.07, 6.45) is 2.75. The molecule has 2 aliphatic heterocycles. The number of carbonyl (C=O) groups is 2. The Labute approximate surface area is 211 Å². The van der Waals surface area contributed by atoms with Gasteiger partial charge < -0.3 is 15.4 Å². The van der Waals surface area contributed by atoms with Crippen molar-refractivity contribution >= 4 is 39.1 Å². The molecule has 2 heterocycles.